The minimum atomic E-state index is -3.16. The standard InChI is InChI=1S/C13H21N3O3S2/c1-15(21(2,18)19)11-5-7-16(8-6-11)13(17)14-10-12-4-3-9-20-12/h3-4,9,11H,5-8,10H2,1-2H3,(H,14,17). The molecular formula is C13H21N3O3S2. The topological polar surface area (TPSA) is 69.7 Å². The fraction of sp³-hybridized carbons (Fsp3) is 0.615. The summed E-state index contributed by atoms with van der Waals surface area (Å²) in [7, 11) is -1.56. The Bertz CT molecular complexity index is 563. The van der Waals surface area contributed by atoms with Crippen LogP contribution in [-0.4, -0.2) is 56.1 Å². The van der Waals surface area contributed by atoms with Gasteiger partial charge in [0.25, 0.3) is 0 Å². The Morgan fingerprint density at radius 2 is 2.14 bits per heavy atom. The number of hydrogen-bond donors (Lipinski definition) is 1. The van der Waals surface area contributed by atoms with Crippen LogP contribution in [0.15, 0.2) is 17.5 Å². The Hall–Kier alpha value is -1.12. The van der Waals surface area contributed by atoms with E-state index in [0.29, 0.717) is 32.5 Å². The molecule has 2 amide bonds. The number of nitrogens with one attached hydrogen (secondary N) is 1. The highest BCUT2D eigenvalue weighted by Crippen LogP contribution is 2.17. The summed E-state index contributed by atoms with van der Waals surface area (Å²) in [5.41, 5.74) is 0. The third-order valence-corrected chi connectivity index (χ3v) is 6.00. The number of carbonyl (C=O) groups excluding carboxylic acids is 1. The Morgan fingerprint density at radius 1 is 1.48 bits per heavy atom. The Morgan fingerprint density at radius 3 is 2.67 bits per heavy atom. The predicted octanol–water partition coefficient (Wildman–Crippen LogP) is 1.31. The second-order valence-electron chi connectivity index (χ2n) is 5.24. The van der Waals surface area contributed by atoms with Gasteiger partial charge in [0.05, 0.1) is 12.8 Å². The van der Waals surface area contributed by atoms with E-state index in [1.165, 1.54) is 10.6 Å². The van der Waals surface area contributed by atoms with Crippen LogP contribution in [0.25, 0.3) is 0 Å². The molecule has 1 aromatic heterocycles. The molecule has 1 saturated heterocycles. The molecule has 1 aliphatic heterocycles. The van der Waals surface area contributed by atoms with Gasteiger partial charge in [-0.25, -0.2) is 17.5 Å². The highest BCUT2D eigenvalue weighted by molar-refractivity contribution is 7.88. The van der Waals surface area contributed by atoms with E-state index in [-0.39, 0.29) is 12.1 Å². The van der Waals surface area contributed by atoms with Crippen molar-refractivity contribution in [3.63, 3.8) is 0 Å². The molecule has 0 unspecified atom stereocenters. The van der Waals surface area contributed by atoms with Crippen LogP contribution in [0.3, 0.4) is 0 Å². The Balaban J connectivity index is 1.79. The van der Waals surface area contributed by atoms with Crippen molar-refractivity contribution in [2.75, 3.05) is 26.4 Å². The number of carbonyl (C=O) groups is 1. The van der Waals surface area contributed by atoms with Crippen LogP contribution in [-0.2, 0) is 16.6 Å². The molecule has 0 bridgehead atoms. The molecule has 0 aromatic carbocycles. The molecule has 1 aromatic rings. The molecule has 0 atom stereocenters. The van der Waals surface area contributed by atoms with Crippen molar-refractivity contribution in [1.82, 2.24) is 14.5 Å². The predicted molar refractivity (Wildman–Crippen MR) is 83.8 cm³/mol. The SMILES string of the molecule is CN(C1CCN(C(=O)NCc2cccs2)CC1)S(C)(=O)=O. The lowest BCUT2D eigenvalue weighted by atomic mass is 10.1. The fourth-order valence-corrected chi connectivity index (χ4v) is 3.79. The number of urea groups is 1. The van der Waals surface area contributed by atoms with Crippen molar-refractivity contribution in [2.45, 2.75) is 25.4 Å². The van der Waals surface area contributed by atoms with E-state index in [1.54, 1.807) is 23.3 Å². The van der Waals surface area contributed by atoms with Gasteiger partial charge >= 0.3 is 6.03 Å². The zero-order valence-corrected chi connectivity index (χ0v) is 13.9. The first-order valence-corrected chi connectivity index (χ1v) is 9.59. The summed E-state index contributed by atoms with van der Waals surface area (Å²) >= 11 is 1.61. The Kier molecular flexibility index (Phi) is 5.23. The molecule has 2 heterocycles. The molecule has 8 heteroatoms. The third-order valence-electron chi connectivity index (χ3n) is 3.78. The zero-order chi connectivity index (χ0) is 15.5. The number of nitrogens with zero attached hydrogens (tertiary/aromatic N) is 2. The Labute approximate surface area is 129 Å². The minimum Gasteiger partial charge on any atom is -0.333 e. The molecule has 1 fully saturated rings. The van der Waals surface area contributed by atoms with Gasteiger partial charge < -0.3 is 10.2 Å². The molecular weight excluding hydrogens is 310 g/mol. The first kappa shape index (κ1) is 16.3. The molecule has 118 valence electrons. The molecule has 2 rings (SSSR count). The quantitative estimate of drug-likeness (QED) is 0.904. The second kappa shape index (κ2) is 6.76. The van der Waals surface area contributed by atoms with Gasteiger partial charge in [-0.2, -0.15) is 0 Å². The van der Waals surface area contributed by atoms with Gasteiger partial charge in [0.1, 0.15) is 0 Å². The maximum atomic E-state index is 12.1. The summed E-state index contributed by atoms with van der Waals surface area (Å²) in [6.07, 6.45) is 2.57. The summed E-state index contributed by atoms with van der Waals surface area (Å²) in [5, 5.41) is 4.87. The number of rotatable bonds is 4. The lowest BCUT2D eigenvalue weighted by Crippen LogP contribution is -2.49. The van der Waals surface area contributed by atoms with Crippen molar-refractivity contribution in [2.24, 2.45) is 0 Å². The van der Waals surface area contributed by atoms with Gasteiger partial charge in [-0.1, -0.05) is 6.07 Å². The lowest BCUT2D eigenvalue weighted by Gasteiger charge is -2.35. The molecule has 6 nitrogen and oxygen atoms in total. The first-order chi connectivity index (χ1) is 9.88. The fourth-order valence-electron chi connectivity index (χ4n) is 2.39. The molecule has 0 aliphatic carbocycles. The summed E-state index contributed by atoms with van der Waals surface area (Å²) < 4.78 is 24.4. The largest absolute Gasteiger partial charge is 0.333 e. The third kappa shape index (κ3) is 4.42. The van der Waals surface area contributed by atoms with Gasteiger partial charge in [0.15, 0.2) is 0 Å². The second-order valence-corrected chi connectivity index (χ2v) is 8.31. The summed E-state index contributed by atoms with van der Waals surface area (Å²) in [6, 6.07) is 3.85. The summed E-state index contributed by atoms with van der Waals surface area (Å²) in [4.78, 5) is 14.9. The van der Waals surface area contributed by atoms with Crippen molar-refractivity contribution in [3.8, 4) is 0 Å². The monoisotopic (exact) mass is 331 g/mol. The van der Waals surface area contributed by atoms with E-state index in [1.807, 2.05) is 17.5 Å². The van der Waals surface area contributed by atoms with E-state index < -0.39 is 10.0 Å². The van der Waals surface area contributed by atoms with Crippen LogP contribution in [0.4, 0.5) is 4.79 Å². The van der Waals surface area contributed by atoms with Crippen LogP contribution >= 0.6 is 11.3 Å². The van der Waals surface area contributed by atoms with Gasteiger partial charge in [0, 0.05) is 31.1 Å². The van der Waals surface area contributed by atoms with Crippen molar-refractivity contribution in [1.29, 1.82) is 0 Å². The highest BCUT2D eigenvalue weighted by atomic mass is 32.2. The van der Waals surface area contributed by atoms with E-state index in [0.717, 1.165) is 4.88 Å². The van der Waals surface area contributed by atoms with Gasteiger partial charge in [0.2, 0.25) is 10.0 Å². The normalized spacial score (nSPS) is 17.2. The average molecular weight is 331 g/mol. The molecule has 0 spiro atoms. The maximum Gasteiger partial charge on any atom is 0.317 e. The summed E-state index contributed by atoms with van der Waals surface area (Å²) in [5.74, 6) is 0. The van der Waals surface area contributed by atoms with E-state index >= 15 is 0 Å². The van der Waals surface area contributed by atoms with Crippen LogP contribution < -0.4 is 5.32 Å². The maximum absolute atomic E-state index is 12.1. The number of amides is 2. The minimum absolute atomic E-state index is 0.0126. The lowest BCUT2D eigenvalue weighted by molar-refractivity contribution is 0.164. The van der Waals surface area contributed by atoms with Gasteiger partial charge in [-0.15, -0.1) is 11.3 Å². The number of thiophene rings is 1. The van der Waals surface area contributed by atoms with Crippen molar-refractivity contribution >= 4 is 27.4 Å². The average Bonchev–Trinajstić information content (AvgIpc) is 2.96. The molecule has 1 N–H and O–H groups in total. The van der Waals surface area contributed by atoms with Crippen molar-refractivity contribution in [3.05, 3.63) is 22.4 Å². The first-order valence-electron chi connectivity index (χ1n) is 6.86. The van der Waals surface area contributed by atoms with Crippen LogP contribution in [0.2, 0.25) is 0 Å². The molecule has 21 heavy (non-hydrogen) atoms. The van der Waals surface area contributed by atoms with E-state index in [9.17, 15) is 13.2 Å². The molecule has 0 saturated carbocycles. The van der Waals surface area contributed by atoms with Crippen LogP contribution in [0.5, 0.6) is 0 Å². The van der Waals surface area contributed by atoms with Crippen LogP contribution in [0, 0.1) is 0 Å². The molecule has 0 radical (unpaired) electrons. The van der Waals surface area contributed by atoms with Gasteiger partial charge in [-0.3, -0.25) is 0 Å². The molecule has 1 aliphatic rings. The highest BCUT2D eigenvalue weighted by Gasteiger charge is 2.28. The number of hydrogen-bond acceptors (Lipinski definition) is 4. The van der Waals surface area contributed by atoms with Crippen molar-refractivity contribution < 1.29 is 13.2 Å². The van der Waals surface area contributed by atoms with Gasteiger partial charge in [-0.05, 0) is 24.3 Å². The number of sulfonamides is 1. The zero-order valence-electron chi connectivity index (χ0n) is 12.3. The number of piperidine rings is 1. The van der Waals surface area contributed by atoms with E-state index in [4.69, 9.17) is 0 Å². The van der Waals surface area contributed by atoms with Crippen LogP contribution in [0.1, 0.15) is 17.7 Å². The smallest absolute Gasteiger partial charge is 0.317 e. The van der Waals surface area contributed by atoms with E-state index in [2.05, 4.69) is 5.32 Å². The number of likely N-dealkylation sites (tertiary alicyclic amines) is 1. The summed E-state index contributed by atoms with van der Waals surface area (Å²) in [6.45, 7) is 1.71.